The van der Waals surface area contributed by atoms with Crippen molar-refractivity contribution in [1.82, 2.24) is 14.7 Å². The van der Waals surface area contributed by atoms with E-state index in [9.17, 15) is 9.59 Å². The van der Waals surface area contributed by atoms with Crippen LogP contribution in [0.4, 0.5) is 0 Å². The highest BCUT2D eigenvalue weighted by molar-refractivity contribution is 8.00. The molecular weight excluding hydrogens is 242 g/mol. The number of carboxylic acid groups (broad SMARTS) is 1. The van der Waals surface area contributed by atoms with E-state index in [-0.39, 0.29) is 17.4 Å². The summed E-state index contributed by atoms with van der Waals surface area (Å²) in [6.45, 7) is 1.20. The van der Waals surface area contributed by atoms with Crippen LogP contribution in [0.1, 0.15) is 0 Å². The van der Waals surface area contributed by atoms with Crippen molar-refractivity contribution < 1.29 is 14.7 Å². The molecule has 0 aliphatic rings. The summed E-state index contributed by atoms with van der Waals surface area (Å²) in [5.74, 6) is -0.814. The van der Waals surface area contributed by atoms with Crippen molar-refractivity contribution in [3.8, 4) is 0 Å². The van der Waals surface area contributed by atoms with Crippen LogP contribution in [-0.4, -0.2) is 56.8 Å². The van der Waals surface area contributed by atoms with E-state index in [0.717, 1.165) is 11.8 Å². The first-order valence-electron chi connectivity index (χ1n) is 5.10. The average molecular weight is 257 g/mol. The summed E-state index contributed by atoms with van der Waals surface area (Å²) in [4.78, 5) is 23.4. The van der Waals surface area contributed by atoms with Crippen LogP contribution in [0.2, 0.25) is 0 Å². The molecule has 1 amide bonds. The van der Waals surface area contributed by atoms with Crippen LogP contribution in [-0.2, 0) is 16.1 Å². The van der Waals surface area contributed by atoms with Crippen molar-refractivity contribution in [1.29, 1.82) is 0 Å². The number of aromatic nitrogens is 2. The minimum absolute atomic E-state index is 0.0429. The number of likely N-dealkylation sites (N-methyl/N-ethyl adjacent to an activating group) is 1. The molecule has 6 nitrogen and oxygen atoms in total. The molecule has 0 unspecified atom stereocenters. The number of rotatable bonds is 7. The smallest absolute Gasteiger partial charge is 0.313 e. The van der Waals surface area contributed by atoms with E-state index < -0.39 is 5.97 Å². The molecular formula is C10H15N3O3S. The van der Waals surface area contributed by atoms with E-state index in [1.807, 2.05) is 12.3 Å². The molecule has 17 heavy (non-hydrogen) atoms. The maximum absolute atomic E-state index is 11.6. The van der Waals surface area contributed by atoms with Gasteiger partial charge in [0.2, 0.25) is 5.91 Å². The van der Waals surface area contributed by atoms with Gasteiger partial charge in [-0.3, -0.25) is 14.3 Å². The summed E-state index contributed by atoms with van der Waals surface area (Å²) in [5, 5.41) is 12.5. The molecule has 1 heterocycles. The summed E-state index contributed by atoms with van der Waals surface area (Å²) < 4.78 is 1.74. The van der Waals surface area contributed by atoms with Crippen LogP contribution in [0.3, 0.4) is 0 Å². The molecule has 0 aromatic carbocycles. The standard InChI is InChI=1S/C10H15N3O3S/c1-12(5-6-13-4-2-3-11-13)9(14)7-17-8-10(15)16/h2-4H,5-8H2,1H3,(H,15,16). The predicted octanol–water partition coefficient (Wildman–Crippen LogP) is 0.159. The molecule has 1 rings (SSSR count). The number of carbonyl (C=O) groups is 2. The largest absolute Gasteiger partial charge is 0.481 e. The molecule has 0 saturated heterocycles. The summed E-state index contributed by atoms with van der Waals surface area (Å²) in [6.07, 6.45) is 3.52. The van der Waals surface area contributed by atoms with Gasteiger partial charge in [-0.2, -0.15) is 5.10 Å². The van der Waals surface area contributed by atoms with Crippen LogP contribution in [0.25, 0.3) is 0 Å². The Labute approximate surface area is 104 Å². The number of aliphatic carboxylic acids is 1. The van der Waals surface area contributed by atoms with Gasteiger partial charge in [0.15, 0.2) is 0 Å². The lowest BCUT2D eigenvalue weighted by atomic mass is 10.5. The molecule has 0 saturated carbocycles. The molecule has 94 valence electrons. The van der Waals surface area contributed by atoms with Crippen molar-refractivity contribution in [3.05, 3.63) is 18.5 Å². The minimum atomic E-state index is -0.901. The first kappa shape index (κ1) is 13.6. The summed E-state index contributed by atoms with van der Waals surface area (Å²) in [6, 6.07) is 1.82. The molecule has 1 N–H and O–H groups in total. The lowest BCUT2D eigenvalue weighted by Crippen LogP contribution is -2.31. The zero-order valence-corrected chi connectivity index (χ0v) is 10.4. The Kier molecular flexibility index (Phi) is 5.55. The summed E-state index contributed by atoms with van der Waals surface area (Å²) in [5.41, 5.74) is 0. The van der Waals surface area contributed by atoms with E-state index in [1.54, 1.807) is 22.8 Å². The van der Waals surface area contributed by atoms with Gasteiger partial charge in [0.25, 0.3) is 0 Å². The normalized spacial score (nSPS) is 10.2. The van der Waals surface area contributed by atoms with Gasteiger partial charge < -0.3 is 10.0 Å². The zero-order valence-electron chi connectivity index (χ0n) is 9.57. The number of hydrogen-bond acceptors (Lipinski definition) is 4. The van der Waals surface area contributed by atoms with E-state index in [4.69, 9.17) is 5.11 Å². The topological polar surface area (TPSA) is 75.4 Å². The highest BCUT2D eigenvalue weighted by atomic mass is 32.2. The molecule has 0 aliphatic carbocycles. The Hall–Kier alpha value is -1.50. The number of nitrogens with zero attached hydrogens (tertiary/aromatic N) is 3. The number of thioether (sulfide) groups is 1. The van der Waals surface area contributed by atoms with Gasteiger partial charge in [-0.15, -0.1) is 11.8 Å². The maximum Gasteiger partial charge on any atom is 0.313 e. The van der Waals surface area contributed by atoms with Crippen LogP contribution in [0, 0.1) is 0 Å². The van der Waals surface area contributed by atoms with Crippen molar-refractivity contribution in [2.75, 3.05) is 25.1 Å². The lowest BCUT2D eigenvalue weighted by Gasteiger charge is -2.16. The van der Waals surface area contributed by atoms with Crippen LogP contribution in [0.5, 0.6) is 0 Å². The zero-order chi connectivity index (χ0) is 12.7. The first-order chi connectivity index (χ1) is 8.09. The monoisotopic (exact) mass is 257 g/mol. The van der Waals surface area contributed by atoms with Gasteiger partial charge in [0.1, 0.15) is 0 Å². The second-order valence-corrected chi connectivity index (χ2v) is 4.46. The Bertz CT molecular complexity index is 367. The fourth-order valence-electron chi connectivity index (χ4n) is 1.15. The van der Waals surface area contributed by atoms with Crippen LogP contribution >= 0.6 is 11.8 Å². The molecule has 1 aromatic heterocycles. The van der Waals surface area contributed by atoms with E-state index >= 15 is 0 Å². The number of carboxylic acids is 1. The highest BCUT2D eigenvalue weighted by Crippen LogP contribution is 2.01. The molecule has 0 atom stereocenters. The third-order valence-electron chi connectivity index (χ3n) is 2.10. The number of hydrogen-bond donors (Lipinski definition) is 1. The molecule has 0 radical (unpaired) electrons. The molecule has 7 heteroatoms. The minimum Gasteiger partial charge on any atom is -0.481 e. The number of amides is 1. The molecule has 0 aliphatic heterocycles. The van der Waals surface area contributed by atoms with Crippen molar-refractivity contribution in [2.45, 2.75) is 6.54 Å². The summed E-state index contributed by atoms with van der Waals surface area (Å²) >= 11 is 1.11. The SMILES string of the molecule is CN(CCn1cccn1)C(=O)CSCC(=O)O. The summed E-state index contributed by atoms with van der Waals surface area (Å²) in [7, 11) is 1.70. The van der Waals surface area contributed by atoms with Gasteiger partial charge in [0.05, 0.1) is 18.1 Å². The van der Waals surface area contributed by atoms with Crippen molar-refractivity contribution >= 4 is 23.6 Å². The Morgan fingerprint density at radius 2 is 2.24 bits per heavy atom. The Balaban J connectivity index is 2.20. The average Bonchev–Trinajstić information content (AvgIpc) is 2.78. The van der Waals surface area contributed by atoms with Crippen LogP contribution in [0.15, 0.2) is 18.5 Å². The second kappa shape index (κ2) is 6.95. The molecule has 1 aromatic rings. The van der Waals surface area contributed by atoms with E-state index in [0.29, 0.717) is 13.1 Å². The van der Waals surface area contributed by atoms with Gasteiger partial charge in [0, 0.05) is 26.0 Å². The third-order valence-corrected chi connectivity index (χ3v) is 3.00. The van der Waals surface area contributed by atoms with E-state index in [1.165, 1.54) is 0 Å². The predicted molar refractivity (Wildman–Crippen MR) is 64.8 cm³/mol. The number of carbonyl (C=O) groups excluding carboxylic acids is 1. The van der Waals surface area contributed by atoms with Crippen LogP contribution < -0.4 is 0 Å². The van der Waals surface area contributed by atoms with Gasteiger partial charge >= 0.3 is 5.97 Å². The van der Waals surface area contributed by atoms with Gasteiger partial charge in [-0.25, -0.2) is 0 Å². The molecule has 0 bridgehead atoms. The maximum atomic E-state index is 11.6. The van der Waals surface area contributed by atoms with E-state index in [2.05, 4.69) is 5.10 Å². The van der Waals surface area contributed by atoms with Gasteiger partial charge in [-0.1, -0.05) is 0 Å². The molecule has 0 fully saturated rings. The Morgan fingerprint density at radius 3 is 2.82 bits per heavy atom. The fraction of sp³-hybridized carbons (Fsp3) is 0.500. The quantitative estimate of drug-likeness (QED) is 0.753. The second-order valence-electron chi connectivity index (χ2n) is 3.47. The third kappa shape index (κ3) is 5.39. The molecule has 0 spiro atoms. The fourth-order valence-corrected chi connectivity index (χ4v) is 1.82. The van der Waals surface area contributed by atoms with Crippen molar-refractivity contribution in [3.63, 3.8) is 0 Å². The first-order valence-corrected chi connectivity index (χ1v) is 6.26. The highest BCUT2D eigenvalue weighted by Gasteiger charge is 2.09. The lowest BCUT2D eigenvalue weighted by molar-refractivity contribution is -0.133. The Morgan fingerprint density at radius 1 is 1.47 bits per heavy atom. The van der Waals surface area contributed by atoms with Crippen molar-refractivity contribution in [2.24, 2.45) is 0 Å². The van der Waals surface area contributed by atoms with Gasteiger partial charge in [-0.05, 0) is 6.07 Å².